The van der Waals surface area contributed by atoms with E-state index < -0.39 is 0 Å². The van der Waals surface area contributed by atoms with Crippen molar-refractivity contribution in [3.63, 3.8) is 0 Å². The molecule has 16 aromatic rings. The van der Waals surface area contributed by atoms with E-state index in [0.29, 0.717) is 0 Å². The molecule has 0 N–H and O–H groups in total. The number of aromatic nitrogens is 4. The second-order valence-corrected chi connectivity index (χ2v) is 30.4. The molecule has 0 aliphatic heterocycles. The molecule has 0 amide bonds. The summed E-state index contributed by atoms with van der Waals surface area (Å²) in [4.78, 5) is 0. The smallest absolute Gasteiger partial charge is 0.201 e. The first kappa shape index (κ1) is 64.6. The Hall–Kier alpha value is -11.7. The van der Waals surface area contributed by atoms with Crippen LogP contribution in [0.1, 0.15) is 59.7 Å². The molecule has 0 bridgehead atoms. The maximum Gasteiger partial charge on any atom is 0.213 e. The summed E-state index contributed by atoms with van der Waals surface area (Å²) in [7, 11) is 8.57. The van der Waals surface area contributed by atoms with Gasteiger partial charge in [0.15, 0.2) is 24.8 Å². The van der Waals surface area contributed by atoms with E-state index in [1.165, 1.54) is 216 Å². The lowest BCUT2D eigenvalue weighted by Gasteiger charge is -2.18. The SMILES string of the molecule is Cc1cc2cccc3c2c(c1-c1cc(CC(C)(C)C)cc[n+]1C)-c1ccccc1-3.Cc1cc2cccc3c2c(c1-c1cccc[n+]1C)-c1ccccc1-3.Cc1cc[n+](C)c(-c2c(C)cc3cccc4c3c2-c2ccccc2-4)c1.Cc1ccc(-c2c(C)cc3cccc4c3c2-c2ccccc2-4)[n+](C)c1. The summed E-state index contributed by atoms with van der Waals surface area (Å²) < 4.78 is 8.99. The Morgan fingerprint density at radius 3 is 0.932 bits per heavy atom. The molecule has 4 heterocycles. The van der Waals surface area contributed by atoms with Gasteiger partial charge in [-0.25, -0.2) is 18.3 Å². The van der Waals surface area contributed by atoms with Crippen LogP contribution in [0.25, 0.3) is 177 Å². The molecule has 0 saturated heterocycles. The fourth-order valence-corrected chi connectivity index (χ4v) is 17.7. The largest absolute Gasteiger partial charge is 0.213 e. The number of pyridine rings is 4. The van der Waals surface area contributed by atoms with Crippen molar-refractivity contribution in [1.29, 1.82) is 0 Å². The first-order chi connectivity index (χ1) is 49.9. The Balaban J connectivity index is 0.000000102. The molecule has 0 fully saturated rings. The van der Waals surface area contributed by atoms with Crippen LogP contribution in [-0.4, -0.2) is 0 Å². The molecule has 4 aliphatic carbocycles. The highest BCUT2D eigenvalue weighted by Gasteiger charge is 2.34. The van der Waals surface area contributed by atoms with Gasteiger partial charge in [0.1, 0.15) is 28.2 Å². The Bertz CT molecular complexity index is 6250. The highest BCUT2D eigenvalue weighted by Crippen LogP contribution is 2.56. The molecule has 0 unspecified atom stereocenters. The minimum absolute atomic E-state index is 0.270. The zero-order chi connectivity index (χ0) is 70.9. The lowest BCUT2D eigenvalue weighted by molar-refractivity contribution is -0.660. The van der Waals surface area contributed by atoms with Crippen molar-refractivity contribution in [3.05, 3.63) is 312 Å². The van der Waals surface area contributed by atoms with Crippen molar-refractivity contribution in [2.45, 2.75) is 68.7 Å². The monoisotopic (exact) mass is 1330 g/mol. The van der Waals surface area contributed by atoms with Gasteiger partial charge in [-0.05, 0) is 209 Å². The van der Waals surface area contributed by atoms with Crippen LogP contribution in [0, 0.1) is 47.0 Å². The Morgan fingerprint density at radius 1 is 0.243 bits per heavy atom. The Kier molecular flexibility index (Phi) is 15.8. The van der Waals surface area contributed by atoms with Crippen LogP contribution in [-0.2, 0) is 34.6 Å². The Labute approximate surface area is 606 Å². The molecule has 0 spiro atoms. The third-order valence-corrected chi connectivity index (χ3v) is 22.0. The fraction of sp³-hybridized carbons (Fsp3) is 0.152. The zero-order valence-corrected chi connectivity index (χ0v) is 61.5. The van der Waals surface area contributed by atoms with Crippen LogP contribution < -0.4 is 18.3 Å². The van der Waals surface area contributed by atoms with Crippen molar-refractivity contribution < 1.29 is 18.3 Å². The van der Waals surface area contributed by atoms with E-state index in [9.17, 15) is 0 Å². The molecule has 4 nitrogen and oxygen atoms in total. The lowest BCUT2D eigenvalue weighted by atomic mass is 9.86. The second-order valence-electron chi connectivity index (χ2n) is 30.4. The van der Waals surface area contributed by atoms with Crippen LogP contribution >= 0.6 is 0 Å². The van der Waals surface area contributed by atoms with Gasteiger partial charge in [-0.1, -0.05) is 215 Å². The topological polar surface area (TPSA) is 15.5 Å². The first-order valence-corrected chi connectivity index (χ1v) is 36.4. The van der Waals surface area contributed by atoms with Gasteiger partial charge < -0.3 is 0 Å². The second kappa shape index (κ2) is 25.1. The van der Waals surface area contributed by atoms with Gasteiger partial charge in [0.05, 0.1) is 22.3 Å². The average molecular weight is 1330 g/mol. The predicted octanol–water partition coefficient (Wildman–Crippen LogP) is 23.4. The Morgan fingerprint density at radius 2 is 0.563 bits per heavy atom. The van der Waals surface area contributed by atoms with Gasteiger partial charge in [-0.15, -0.1) is 0 Å². The van der Waals surface area contributed by atoms with Gasteiger partial charge >= 0.3 is 0 Å². The van der Waals surface area contributed by atoms with Crippen molar-refractivity contribution in [1.82, 2.24) is 0 Å². The summed E-state index contributed by atoms with van der Waals surface area (Å²) in [5.41, 5.74) is 41.9. The van der Waals surface area contributed by atoms with Gasteiger partial charge in [-0.3, -0.25) is 0 Å². The number of hydrogen-bond acceptors (Lipinski definition) is 0. The highest BCUT2D eigenvalue weighted by molar-refractivity contribution is 6.23. The molecule has 4 aliphatic rings. The molecule has 4 heteroatoms. The third-order valence-electron chi connectivity index (χ3n) is 22.0. The maximum absolute atomic E-state index is 2.40. The minimum Gasteiger partial charge on any atom is -0.201 e. The summed E-state index contributed by atoms with van der Waals surface area (Å²) in [5, 5.41) is 10.9. The number of fused-ring (bicyclic) bond motifs is 12. The quantitative estimate of drug-likeness (QED) is 0.153. The fourth-order valence-electron chi connectivity index (χ4n) is 17.7. The molecule has 0 saturated carbocycles. The lowest BCUT2D eigenvalue weighted by Crippen LogP contribution is -2.31. The standard InChI is InChI=1S/C28H28N.2C24H20N.C23H18N/c1-18-15-20-9-8-12-22-21-10-6-7-11-23(21)27(26(20)22)25(18)24-16-19(13-14-29(24)5)17-28(2,3)4;1-15-11-12-21(25(3)14-15)22-16(2)13-17-7-6-10-19-18-8-4-5-9-20(18)24(22)23(17)19;1-15-11-12-25(3)21(13-15)22-16(2)14-17-7-6-10-19-18-8-4-5-9-20(18)24(22)23(17)19;1-15-14-16-8-7-11-18-17-9-3-4-10-19(17)23(22(16)18)21(15)20-12-5-6-13-24(20)2/h6-16H,17H2,1-5H3;2*4-14H,1-3H3;3-14H,1-2H3/q4*+1. The number of nitrogens with zero attached hydrogens (tertiary/aromatic N) is 4. The van der Waals surface area contributed by atoms with Crippen molar-refractivity contribution in [2.24, 2.45) is 33.6 Å². The van der Waals surface area contributed by atoms with Crippen molar-refractivity contribution in [3.8, 4) is 134 Å². The molecule has 0 radical (unpaired) electrons. The summed E-state index contributed by atoms with van der Waals surface area (Å²) in [5.74, 6) is 0. The van der Waals surface area contributed by atoms with Crippen LogP contribution in [0.15, 0.2) is 274 Å². The van der Waals surface area contributed by atoms with E-state index in [2.05, 4.69) is 382 Å². The minimum atomic E-state index is 0.270. The average Bonchev–Trinajstić information content (AvgIpc) is 1.61. The van der Waals surface area contributed by atoms with Gasteiger partial charge in [0, 0.05) is 70.3 Å². The molecule has 498 valence electrons. The molecule has 20 rings (SSSR count). The van der Waals surface area contributed by atoms with E-state index in [1.54, 1.807) is 0 Å². The molecule has 103 heavy (non-hydrogen) atoms. The van der Waals surface area contributed by atoms with Crippen LogP contribution in [0.4, 0.5) is 0 Å². The summed E-state index contributed by atoms with van der Waals surface area (Å²) in [6.45, 7) is 20.2. The van der Waals surface area contributed by atoms with E-state index in [4.69, 9.17) is 0 Å². The molecular weight excluding hydrogens is 1250 g/mol. The number of hydrogen-bond donors (Lipinski definition) is 0. The van der Waals surface area contributed by atoms with E-state index in [1.807, 2.05) is 0 Å². The van der Waals surface area contributed by atoms with Crippen LogP contribution in [0.2, 0.25) is 0 Å². The number of benzene rings is 12. The van der Waals surface area contributed by atoms with Crippen molar-refractivity contribution in [2.75, 3.05) is 0 Å². The van der Waals surface area contributed by atoms with Crippen LogP contribution in [0.3, 0.4) is 0 Å². The van der Waals surface area contributed by atoms with Gasteiger partial charge in [0.2, 0.25) is 22.8 Å². The zero-order valence-electron chi connectivity index (χ0n) is 61.5. The van der Waals surface area contributed by atoms with Crippen LogP contribution in [0.5, 0.6) is 0 Å². The van der Waals surface area contributed by atoms with E-state index in [-0.39, 0.29) is 5.41 Å². The third kappa shape index (κ3) is 10.8. The summed E-state index contributed by atoms with van der Waals surface area (Å²) in [6.07, 6.45) is 9.79. The van der Waals surface area contributed by atoms with Gasteiger partial charge in [-0.2, -0.15) is 0 Å². The molecule has 4 aromatic heterocycles. The van der Waals surface area contributed by atoms with E-state index >= 15 is 0 Å². The maximum atomic E-state index is 2.40. The predicted molar refractivity (Wildman–Crippen MR) is 432 cm³/mol. The summed E-state index contributed by atoms with van der Waals surface area (Å²) >= 11 is 0. The summed E-state index contributed by atoms with van der Waals surface area (Å²) in [6, 6.07) is 91.4. The normalized spacial score (nSPS) is 12.0. The highest BCUT2D eigenvalue weighted by atomic mass is 14.9. The number of aryl methyl sites for hydroxylation is 10. The van der Waals surface area contributed by atoms with Crippen molar-refractivity contribution >= 4 is 43.1 Å². The van der Waals surface area contributed by atoms with E-state index in [0.717, 1.165) is 6.42 Å². The molecular formula is C99H86N4+4. The molecule has 0 atom stereocenters. The van der Waals surface area contributed by atoms with Gasteiger partial charge in [0.25, 0.3) is 0 Å². The first-order valence-electron chi connectivity index (χ1n) is 36.4. The number of rotatable bonds is 5. The molecule has 12 aromatic carbocycles.